The van der Waals surface area contributed by atoms with Gasteiger partial charge in [-0.05, 0) is 43.5 Å². The fraction of sp³-hybridized carbons (Fsp3) is 0.333. The molecular formula is C9H13NS. The predicted octanol–water partition coefficient (Wildman–Crippen LogP) is 2.48. The maximum atomic E-state index is 5.71. The molecule has 0 saturated heterocycles. The van der Waals surface area contributed by atoms with Gasteiger partial charge in [-0.25, -0.2) is 0 Å². The number of rotatable bonds is 0. The van der Waals surface area contributed by atoms with E-state index < -0.39 is 0 Å². The van der Waals surface area contributed by atoms with E-state index in [-0.39, 0.29) is 0 Å². The van der Waals surface area contributed by atoms with Crippen molar-refractivity contribution in [3.63, 3.8) is 0 Å². The highest BCUT2D eigenvalue weighted by atomic mass is 32.1. The summed E-state index contributed by atoms with van der Waals surface area (Å²) in [5.41, 5.74) is 10.2. The van der Waals surface area contributed by atoms with Gasteiger partial charge in [0.1, 0.15) is 0 Å². The van der Waals surface area contributed by atoms with E-state index in [2.05, 4.69) is 26.5 Å². The van der Waals surface area contributed by atoms with E-state index in [4.69, 9.17) is 5.73 Å². The van der Waals surface area contributed by atoms with Gasteiger partial charge in [0.2, 0.25) is 0 Å². The monoisotopic (exact) mass is 167 g/mol. The molecule has 11 heavy (non-hydrogen) atoms. The molecule has 0 aliphatic carbocycles. The Morgan fingerprint density at radius 1 is 1.18 bits per heavy atom. The standard InChI is InChI=1S/C9H13NS/c1-5-4-8(10)9(11)7(3)6(5)2/h4,11H,10H2,1-3H3. The number of benzene rings is 1. The second-order valence-corrected chi connectivity index (χ2v) is 3.33. The summed E-state index contributed by atoms with van der Waals surface area (Å²) in [6, 6.07) is 1.96. The van der Waals surface area contributed by atoms with E-state index in [0.717, 1.165) is 10.6 Å². The lowest BCUT2D eigenvalue weighted by Gasteiger charge is -2.09. The fourth-order valence-corrected chi connectivity index (χ4v) is 1.33. The van der Waals surface area contributed by atoms with Crippen LogP contribution in [0.25, 0.3) is 0 Å². The highest BCUT2D eigenvalue weighted by Gasteiger charge is 2.03. The van der Waals surface area contributed by atoms with Crippen LogP contribution in [0.5, 0.6) is 0 Å². The molecule has 0 heterocycles. The third-order valence-electron chi connectivity index (χ3n) is 2.15. The number of thiol groups is 1. The number of aryl methyl sites for hydroxylation is 1. The number of hydrogen-bond donors (Lipinski definition) is 2. The zero-order chi connectivity index (χ0) is 8.59. The maximum Gasteiger partial charge on any atom is 0.0455 e. The summed E-state index contributed by atoms with van der Waals surface area (Å²) >= 11 is 4.30. The Balaban J connectivity index is 3.46. The minimum absolute atomic E-state index is 0.772. The minimum atomic E-state index is 0.772. The molecule has 1 rings (SSSR count). The second-order valence-electron chi connectivity index (χ2n) is 2.88. The van der Waals surface area contributed by atoms with Crippen LogP contribution in [-0.4, -0.2) is 0 Å². The van der Waals surface area contributed by atoms with E-state index in [1.54, 1.807) is 0 Å². The molecule has 1 nitrogen and oxygen atoms in total. The van der Waals surface area contributed by atoms with E-state index in [0.29, 0.717) is 0 Å². The quantitative estimate of drug-likeness (QED) is 0.450. The van der Waals surface area contributed by atoms with E-state index in [1.807, 2.05) is 13.0 Å². The largest absolute Gasteiger partial charge is 0.398 e. The lowest BCUT2D eigenvalue weighted by Crippen LogP contribution is -1.94. The first-order valence-corrected chi connectivity index (χ1v) is 4.04. The van der Waals surface area contributed by atoms with Gasteiger partial charge in [-0.1, -0.05) is 0 Å². The van der Waals surface area contributed by atoms with Gasteiger partial charge in [-0.2, -0.15) is 0 Å². The summed E-state index contributed by atoms with van der Waals surface area (Å²) in [5, 5.41) is 0. The predicted molar refractivity (Wildman–Crippen MR) is 52.3 cm³/mol. The zero-order valence-corrected chi connectivity index (χ0v) is 8.00. The molecule has 0 saturated carbocycles. The van der Waals surface area contributed by atoms with Gasteiger partial charge in [-0.15, -0.1) is 12.6 Å². The van der Waals surface area contributed by atoms with Crippen molar-refractivity contribution in [3.05, 3.63) is 22.8 Å². The molecule has 1 aromatic carbocycles. The third kappa shape index (κ3) is 1.36. The zero-order valence-electron chi connectivity index (χ0n) is 7.10. The van der Waals surface area contributed by atoms with Crippen molar-refractivity contribution in [2.75, 3.05) is 5.73 Å². The summed E-state index contributed by atoms with van der Waals surface area (Å²) in [7, 11) is 0. The van der Waals surface area contributed by atoms with Crippen molar-refractivity contribution in [2.45, 2.75) is 25.7 Å². The van der Waals surface area contributed by atoms with Crippen LogP contribution in [-0.2, 0) is 0 Å². The van der Waals surface area contributed by atoms with Crippen LogP contribution in [0.3, 0.4) is 0 Å². The first-order valence-electron chi connectivity index (χ1n) is 3.59. The molecular weight excluding hydrogens is 154 g/mol. The highest BCUT2D eigenvalue weighted by Crippen LogP contribution is 2.26. The van der Waals surface area contributed by atoms with Crippen molar-refractivity contribution >= 4 is 18.3 Å². The first kappa shape index (κ1) is 8.47. The van der Waals surface area contributed by atoms with Crippen LogP contribution in [0.2, 0.25) is 0 Å². The maximum absolute atomic E-state index is 5.71. The number of nitrogens with two attached hydrogens (primary N) is 1. The topological polar surface area (TPSA) is 26.0 Å². The van der Waals surface area contributed by atoms with Crippen molar-refractivity contribution in [1.29, 1.82) is 0 Å². The molecule has 0 aromatic heterocycles. The molecule has 1 aromatic rings. The summed E-state index contributed by atoms with van der Waals surface area (Å²) in [5.74, 6) is 0. The van der Waals surface area contributed by atoms with Gasteiger partial charge >= 0.3 is 0 Å². The van der Waals surface area contributed by atoms with Crippen LogP contribution in [0.4, 0.5) is 5.69 Å². The first-order chi connectivity index (χ1) is 5.04. The van der Waals surface area contributed by atoms with Crippen LogP contribution in [0.15, 0.2) is 11.0 Å². The smallest absolute Gasteiger partial charge is 0.0455 e. The molecule has 60 valence electrons. The van der Waals surface area contributed by atoms with Crippen molar-refractivity contribution in [3.8, 4) is 0 Å². The second kappa shape index (κ2) is 2.78. The molecule has 2 N–H and O–H groups in total. The Labute approximate surface area is 73.0 Å². The van der Waals surface area contributed by atoms with Crippen LogP contribution >= 0.6 is 12.6 Å². The molecule has 2 heteroatoms. The van der Waals surface area contributed by atoms with Crippen molar-refractivity contribution < 1.29 is 0 Å². The van der Waals surface area contributed by atoms with Crippen LogP contribution in [0, 0.1) is 20.8 Å². The minimum Gasteiger partial charge on any atom is -0.398 e. The summed E-state index contributed by atoms with van der Waals surface area (Å²) in [6.07, 6.45) is 0. The fourth-order valence-electron chi connectivity index (χ4n) is 1.10. The molecule has 0 atom stereocenters. The molecule has 0 radical (unpaired) electrons. The van der Waals surface area contributed by atoms with E-state index >= 15 is 0 Å². The summed E-state index contributed by atoms with van der Waals surface area (Å²) < 4.78 is 0. The van der Waals surface area contributed by atoms with Gasteiger partial charge in [0.25, 0.3) is 0 Å². The molecule has 0 spiro atoms. The highest BCUT2D eigenvalue weighted by molar-refractivity contribution is 7.80. The number of hydrogen-bond acceptors (Lipinski definition) is 2. The normalized spacial score (nSPS) is 10.2. The average molecular weight is 167 g/mol. The Bertz CT molecular complexity index is 266. The summed E-state index contributed by atoms with van der Waals surface area (Å²) in [6.45, 7) is 6.19. The van der Waals surface area contributed by atoms with Crippen LogP contribution < -0.4 is 5.73 Å². The Morgan fingerprint density at radius 3 is 2.27 bits per heavy atom. The van der Waals surface area contributed by atoms with Crippen molar-refractivity contribution in [2.24, 2.45) is 0 Å². The van der Waals surface area contributed by atoms with E-state index in [1.165, 1.54) is 16.7 Å². The molecule has 0 aliphatic heterocycles. The summed E-state index contributed by atoms with van der Waals surface area (Å²) in [4.78, 5) is 0.910. The average Bonchev–Trinajstić information content (AvgIpc) is 1.97. The Kier molecular flexibility index (Phi) is 2.14. The molecule has 0 fully saturated rings. The van der Waals surface area contributed by atoms with Gasteiger partial charge in [0, 0.05) is 10.6 Å². The van der Waals surface area contributed by atoms with Gasteiger partial charge in [0.05, 0.1) is 0 Å². The molecule has 0 unspecified atom stereocenters. The molecule has 0 aliphatic rings. The van der Waals surface area contributed by atoms with E-state index in [9.17, 15) is 0 Å². The van der Waals surface area contributed by atoms with Gasteiger partial charge in [-0.3, -0.25) is 0 Å². The third-order valence-corrected chi connectivity index (χ3v) is 2.75. The SMILES string of the molecule is Cc1cc(N)c(S)c(C)c1C. The molecule has 0 amide bonds. The van der Waals surface area contributed by atoms with Crippen LogP contribution in [0.1, 0.15) is 16.7 Å². The lowest BCUT2D eigenvalue weighted by atomic mass is 10.0. The molecule has 0 bridgehead atoms. The van der Waals surface area contributed by atoms with Crippen molar-refractivity contribution in [1.82, 2.24) is 0 Å². The Morgan fingerprint density at radius 2 is 1.73 bits per heavy atom. The van der Waals surface area contributed by atoms with Gasteiger partial charge < -0.3 is 5.73 Å². The Hall–Kier alpha value is -0.630. The van der Waals surface area contributed by atoms with Gasteiger partial charge in [0.15, 0.2) is 0 Å². The number of nitrogen functional groups attached to an aromatic ring is 1. The lowest BCUT2D eigenvalue weighted by molar-refractivity contribution is 1.19. The number of anilines is 1.